The molecule has 0 bridgehead atoms. The minimum absolute atomic E-state index is 0.309. The summed E-state index contributed by atoms with van der Waals surface area (Å²) in [4.78, 5) is 12.0. The van der Waals surface area contributed by atoms with Gasteiger partial charge in [-0.15, -0.1) is 0 Å². The largest absolute Gasteiger partial charge is 0.508 e. The predicted octanol–water partition coefficient (Wildman–Crippen LogP) is 4.52. The quantitative estimate of drug-likeness (QED) is 0.577. The number of nitrogens with zero attached hydrogens (tertiary/aromatic N) is 3. The third-order valence-corrected chi connectivity index (χ3v) is 6.36. The highest BCUT2D eigenvalue weighted by atomic mass is 16.3. The van der Waals surface area contributed by atoms with Crippen molar-refractivity contribution >= 4 is 0 Å². The van der Waals surface area contributed by atoms with Gasteiger partial charge in [-0.3, -0.25) is 4.90 Å². The van der Waals surface area contributed by atoms with Crippen LogP contribution in [0.4, 0.5) is 0 Å². The van der Waals surface area contributed by atoms with E-state index in [1.54, 1.807) is 12.1 Å². The van der Waals surface area contributed by atoms with Gasteiger partial charge in [0.25, 0.3) is 0 Å². The summed E-state index contributed by atoms with van der Waals surface area (Å²) in [5.74, 6) is 1.19. The molecule has 0 spiro atoms. The highest BCUT2D eigenvalue weighted by Gasteiger charge is 2.22. The Hall–Kier alpha value is -2.76. The van der Waals surface area contributed by atoms with Crippen LogP contribution in [0.25, 0.3) is 11.3 Å². The zero-order valence-electron chi connectivity index (χ0n) is 19.4. The van der Waals surface area contributed by atoms with Crippen LogP contribution in [0.3, 0.4) is 0 Å². The Morgan fingerprint density at radius 1 is 1.03 bits per heavy atom. The number of hydrogen-bond acceptors (Lipinski definition) is 5. The Balaban J connectivity index is 1.44. The maximum atomic E-state index is 9.43. The Morgan fingerprint density at radius 2 is 1.81 bits per heavy atom. The van der Waals surface area contributed by atoms with Crippen LogP contribution in [-0.2, 0) is 19.4 Å². The van der Waals surface area contributed by atoms with Crippen molar-refractivity contribution in [2.24, 2.45) is 0 Å². The Morgan fingerprint density at radius 3 is 2.62 bits per heavy atom. The number of aromatic nitrogens is 2. The summed E-state index contributed by atoms with van der Waals surface area (Å²) in [7, 11) is 0. The van der Waals surface area contributed by atoms with Gasteiger partial charge in [0, 0.05) is 49.9 Å². The van der Waals surface area contributed by atoms with Gasteiger partial charge in [0.05, 0.1) is 5.69 Å². The molecule has 1 aromatic heterocycles. The predicted molar refractivity (Wildman–Crippen MR) is 130 cm³/mol. The van der Waals surface area contributed by atoms with Gasteiger partial charge in [0.2, 0.25) is 0 Å². The Labute approximate surface area is 191 Å². The molecule has 1 aliphatic heterocycles. The number of phenols is 1. The fourth-order valence-electron chi connectivity index (χ4n) is 4.38. The Bertz CT molecular complexity index is 1030. The van der Waals surface area contributed by atoms with E-state index in [0.29, 0.717) is 17.8 Å². The SMILES string of the molecule is Cc1ccc(CN2C[C@H](C)NC[C@@H]2C)cc1-c1ccnc(CCCc2ccc(O)cc2)n1. The highest BCUT2D eigenvalue weighted by molar-refractivity contribution is 5.64. The summed E-state index contributed by atoms with van der Waals surface area (Å²) in [6.45, 7) is 9.78. The summed E-state index contributed by atoms with van der Waals surface area (Å²) in [6.07, 6.45) is 4.64. The van der Waals surface area contributed by atoms with Gasteiger partial charge >= 0.3 is 0 Å². The maximum Gasteiger partial charge on any atom is 0.128 e. The third kappa shape index (κ3) is 5.72. The molecule has 0 saturated carbocycles. The normalized spacial score (nSPS) is 19.2. The average Bonchev–Trinajstić information content (AvgIpc) is 2.79. The number of phenolic OH excluding ortho intramolecular Hbond substituents is 1. The van der Waals surface area contributed by atoms with E-state index in [2.05, 4.69) is 54.2 Å². The van der Waals surface area contributed by atoms with Gasteiger partial charge in [0.15, 0.2) is 0 Å². The molecule has 0 amide bonds. The number of aryl methyl sites for hydroxylation is 3. The molecule has 2 heterocycles. The topological polar surface area (TPSA) is 61.3 Å². The summed E-state index contributed by atoms with van der Waals surface area (Å²) >= 11 is 0. The molecule has 3 aromatic rings. The monoisotopic (exact) mass is 430 g/mol. The second kappa shape index (κ2) is 10.2. The van der Waals surface area contributed by atoms with Crippen molar-refractivity contribution in [1.82, 2.24) is 20.2 Å². The minimum Gasteiger partial charge on any atom is -0.508 e. The lowest BCUT2D eigenvalue weighted by molar-refractivity contribution is 0.139. The first-order chi connectivity index (χ1) is 15.5. The van der Waals surface area contributed by atoms with Gasteiger partial charge in [0.1, 0.15) is 11.6 Å². The molecule has 0 unspecified atom stereocenters. The number of rotatable bonds is 7. The van der Waals surface area contributed by atoms with Crippen LogP contribution in [-0.4, -0.2) is 45.1 Å². The smallest absolute Gasteiger partial charge is 0.128 e. The second-order valence-corrected chi connectivity index (χ2v) is 9.12. The van der Waals surface area contributed by atoms with Crippen molar-refractivity contribution in [3.05, 3.63) is 77.2 Å². The Kier molecular flexibility index (Phi) is 7.18. The summed E-state index contributed by atoms with van der Waals surface area (Å²) in [6, 6.07) is 17.3. The van der Waals surface area contributed by atoms with Gasteiger partial charge < -0.3 is 10.4 Å². The van der Waals surface area contributed by atoms with Crippen LogP contribution >= 0.6 is 0 Å². The van der Waals surface area contributed by atoms with Gasteiger partial charge in [-0.1, -0.05) is 24.3 Å². The van der Waals surface area contributed by atoms with Crippen LogP contribution in [0.15, 0.2) is 54.7 Å². The molecule has 5 heteroatoms. The molecule has 1 aliphatic rings. The van der Waals surface area contributed by atoms with E-state index in [1.807, 2.05) is 24.4 Å². The molecule has 168 valence electrons. The first-order valence-electron chi connectivity index (χ1n) is 11.6. The van der Waals surface area contributed by atoms with Gasteiger partial charge in [-0.25, -0.2) is 9.97 Å². The van der Waals surface area contributed by atoms with Gasteiger partial charge in [-0.05, 0) is 74.6 Å². The first-order valence-corrected chi connectivity index (χ1v) is 11.6. The number of nitrogens with one attached hydrogen (secondary N) is 1. The van der Waals surface area contributed by atoms with Crippen LogP contribution in [0.1, 0.15) is 42.8 Å². The molecule has 32 heavy (non-hydrogen) atoms. The molecule has 2 N–H and O–H groups in total. The minimum atomic E-state index is 0.309. The van der Waals surface area contributed by atoms with E-state index < -0.39 is 0 Å². The van der Waals surface area contributed by atoms with Crippen LogP contribution < -0.4 is 5.32 Å². The van der Waals surface area contributed by atoms with Crippen molar-refractivity contribution in [1.29, 1.82) is 0 Å². The molecule has 5 nitrogen and oxygen atoms in total. The molecule has 4 rings (SSSR count). The van der Waals surface area contributed by atoms with E-state index in [9.17, 15) is 5.11 Å². The summed E-state index contributed by atoms with van der Waals surface area (Å²) < 4.78 is 0. The van der Waals surface area contributed by atoms with Crippen molar-refractivity contribution in [2.45, 2.75) is 58.7 Å². The second-order valence-electron chi connectivity index (χ2n) is 9.12. The lowest BCUT2D eigenvalue weighted by Gasteiger charge is -2.37. The number of hydrogen-bond donors (Lipinski definition) is 2. The first kappa shape index (κ1) is 22.4. The van der Waals surface area contributed by atoms with Crippen molar-refractivity contribution in [3.63, 3.8) is 0 Å². The van der Waals surface area contributed by atoms with Crippen LogP contribution in [0.2, 0.25) is 0 Å². The van der Waals surface area contributed by atoms with Crippen molar-refractivity contribution in [2.75, 3.05) is 13.1 Å². The van der Waals surface area contributed by atoms with Crippen LogP contribution in [0.5, 0.6) is 5.75 Å². The fraction of sp³-hybridized carbons (Fsp3) is 0.407. The standard InChI is InChI=1S/C27H34N4O/c1-19-7-8-23(18-31-17-20(2)29-16-21(31)3)15-25(19)26-13-14-28-27(30-26)6-4-5-22-9-11-24(32)12-10-22/h7-15,20-21,29,32H,4-6,16-18H2,1-3H3/t20-,21-/m0/s1. The molecule has 0 radical (unpaired) electrons. The van der Waals surface area contributed by atoms with Gasteiger partial charge in [-0.2, -0.15) is 0 Å². The maximum absolute atomic E-state index is 9.43. The zero-order chi connectivity index (χ0) is 22.5. The molecule has 2 atom stereocenters. The van der Waals surface area contributed by atoms with E-state index in [4.69, 9.17) is 4.98 Å². The zero-order valence-corrected chi connectivity index (χ0v) is 19.4. The van der Waals surface area contributed by atoms with Crippen LogP contribution in [0, 0.1) is 6.92 Å². The lowest BCUT2D eigenvalue weighted by Crippen LogP contribution is -2.53. The third-order valence-electron chi connectivity index (χ3n) is 6.36. The van der Waals surface area contributed by atoms with E-state index >= 15 is 0 Å². The molecular formula is C27H34N4O. The number of aromatic hydroxyl groups is 1. The van der Waals surface area contributed by atoms with E-state index in [1.165, 1.54) is 22.3 Å². The molecule has 2 aromatic carbocycles. The lowest BCUT2D eigenvalue weighted by atomic mass is 10.0. The van der Waals surface area contributed by atoms with E-state index in [-0.39, 0.29) is 0 Å². The summed E-state index contributed by atoms with van der Waals surface area (Å²) in [5.41, 5.74) is 5.99. The molecular weight excluding hydrogens is 396 g/mol. The van der Waals surface area contributed by atoms with E-state index in [0.717, 1.165) is 50.4 Å². The fourth-order valence-corrected chi connectivity index (χ4v) is 4.38. The molecule has 1 saturated heterocycles. The van der Waals surface area contributed by atoms with Crippen molar-refractivity contribution in [3.8, 4) is 17.0 Å². The van der Waals surface area contributed by atoms with Crippen molar-refractivity contribution < 1.29 is 5.11 Å². The molecule has 1 fully saturated rings. The summed E-state index contributed by atoms with van der Waals surface area (Å²) in [5, 5.41) is 13.0. The number of benzene rings is 2. The highest BCUT2D eigenvalue weighted by Crippen LogP contribution is 2.24. The molecule has 0 aliphatic carbocycles. The number of piperazine rings is 1. The average molecular weight is 431 g/mol.